The fraction of sp³-hybridized carbons (Fsp3) is 0.294. The van der Waals surface area contributed by atoms with Crippen molar-refractivity contribution in [2.75, 3.05) is 6.61 Å². The van der Waals surface area contributed by atoms with Crippen molar-refractivity contribution in [3.8, 4) is 0 Å². The normalized spacial score (nSPS) is 21.1. The molecule has 1 saturated carbocycles. The molecule has 21 heavy (non-hydrogen) atoms. The molecule has 0 heterocycles. The molecule has 3 nitrogen and oxygen atoms in total. The van der Waals surface area contributed by atoms with E-state index in [1.165, 1.54) is 0 Å². The van der Waals surface area contributed by atoms with Crippen LogP contribution in [0.4, 0.5) is 0 Å². The third kappa shape index (κ3) is 3.34. The first kappa shape index (κ1) is 14.3. The minimum absolute atomic E-state index is 0.124. The van der Waals surface area contributed by atoms with Crippen LogP contribution in [0.25, 0.3) is 0 Å². The van der Waals surface area contributed by atoms with Crippen LogP contribution in [0.3, 0.4) is 0 Å². The van der Waals surface area contributed by atoms with Gasteiger partial charge in [0.1, 0.15) is 0 Å². The predicted molar refractivity (Wildman–Crippen MR) is 81.6 cm³/mol. The Morgan fingerprint density at radius 1 is 0.952 bits per heavy atom. The summed E-state index contributed by atoms with van der Waals surface area (Å²) in [6.07, 6.45) is 0.700. The minimum atomic E-state index is -3.19. The lowest BCUT2D eigenvalue weighted by molar-refractivity contribution is 0.111. The van der Waals surface area contributed by atoms with E-state index in [0.717, 1.165) is 5.56 Å². The molecule has 0 radical (unpaired) electrons. The highest BCUT2D eigenvalue weighted by Crippen LogP contribution is 2.40. The molecule has 2 aromatic carbocycles. The molecule has 0 amide bonds. The predicted octanol–water partition coefficient (Wildman–Crippen LogP) is 3.07. The standard InChI is InChI=1S/C17H18O3S/c18-21(19,16-9-5-2-6-10-16)17-11-15(17)13-20-12-14-7-3-1-4-8-14/h1-10,15,17H,11-13H2/t15-,17+/m0/s1. The Morgan fingerprint density at radius 2 is 1.57 bits per heavy atom. The Hall–Kier alpha value is -1.65. The smallest absolute Gasteiger partial charge is 0.181 e. The van der Waals surface area contributed by atoms with Crippen LogP contribution in [-0.4, -0.2) is 20.3 Å². The van der Waals surface area contributed by atoms with Crippen LogP contribution in [0.5, 0.6) is 0 Å². The van der Waals surface area contributed by atoms with Gasteiger partial charge >= 0.3 is 0 Å². The van der Waals surface area contributed by atoms with Crippen LogP contribution < -0.4 is 0 Å². The van der Waals surface area contributed by atoms with Crippen LogP contribution in [-0.2, 0) is 21.2 Å². The maximum absolute atomic E-state index is 12.4. The van der Waals surface area contributed by atoms with E-state index in [-0.39, 0.29) is 11.2 Å². The Balaban J connectivity index is 1.53. The summed E-state index contributed by atoms with van der Waals surface area (Å²) in [4.78, 5) is 0.417. The Bertz CT molecular complexity index is 680. The van der Waals surface area contributed by atoms with Gasteiger partial charge in [-0.1, -0.05) is 48.5 Å². The van der Waals surface area contributed by atoms with Gasteiger partial charge in [-0.3, -0.25) is 0 Å². The molecular formula is C17H18O3S. The fourth-order valence-electron chi connectivity index (χ4n) is 2.46. The van der Waals surface area contributed by atoms with Gasteiger partial charge in [0.2, 0.25) is 0 Å². The van der Waals surface area contributed by atoms with E-state index in [1.807, 2.05) is 36.4 Å². The Labute approximate surface area is 125 Å². The summed E-state index contributed by atoms with van der Waals surface area (Å²) < 4.78 is 30.4. The molecule has 0 N–H and O–H groups in total. The van der Waals surface area contributed by atoms with Crippen molar-refractivity contribution in [3.05, 3.63) is 66.2 Å². The van der Waals surface area contributed by atoms with Gasteiger partial charge in [-0.2, -0.15) is 0 Å². The van der Waals surface area contributed by atoms with Crippen LogP contribution in [0.2, 0.25) is 0 Å². The largest absolute Gasteiger partial charge is 0.376 e. The number of rotatable bonds is 6. The van der Waals surface area contributed by atoms with Gasteiger partial charge in [-0.25, -0.2) is 8.42 Å². The average Bonchev–Trinajstić information content (AvgIpc) is 3.30. The van der Waals surface area contributed by atoms with Gasteiger partial charge in [0, 0.05) is 5.92 Å². The van der Waals surface area contributed by atoms with Crippen molar-refractivity contribution >= 4 is 9.84 Å². The van der Waals surface area contributed by atoms with Crippen molar-refractivity contribution in [2.24, 2.45) is 5.92 Å². The van der Waals surface area contributed by atoms with Gasteiger partial charge in [-0.05, 0) is 24.1 Å². The number of hydrogen-bond acceptors (Lipinski definition) is 3. The zero-order valence-electron chi connectivity index (χ0n) is 11.7. The number of hydrogen-bond donors (Lipinski definition) is 0. The zero-order valence-corrected chi connectivity index (χ0v) is 12.5. The van der Waals surface area contributed by atoms with E-state index in [2.05, 4.69) is 0 Å². The summed E-state index contributed by atoms with van der Waals surface area (Å²) in [5.41, 5.74) is 1.11. The van der Waals surface area contributed by atoms with Crippen LogP contribution in [0.15, 0.2) is 65.6 Å². The van der Waals surface area contributed by atoms with Crippen LogP contribution >= 0.6 is 0 Å². The fourth-order valence-corrected chi connectivity index (χ4v) is 4.43. The van der Waals surface area contributed by atoms with E-state index < -0.39 is 9.84 Å². The zero-order chi connectivity index (χ0) is 14.7. The van der Waals surface area contributed by atoms with E-state index in [0.29, 0.717) is 24.5 Å². The first-order chi connectivity index (χ1) is 10.2. The molecule has 0 bridgehead atoms. The third-order valence-electron chi connectivity index (χ3n) is 3.77. The highest BCUT2D eigenvalue weighted by Gasteiger charge is 2.47. The molecule has 1 fully saturated rings. The number of sulfone groups is 1. The molecule has 1 aliphatic carbocycles. The molecule has 0 aromatic heterocycles. The number of benzene rings is 2. The van der Waals surface area contributed by atoms with Crippen LogP contribution in [0, 0.1) is 5.92 Å². The molecule has 3 rings (SSSR count). The summed E-state index contributed by atoms with van der Waals surface area (Å²) in [7, 11) is -3.19. The SMILES string of the molecule is O=S(=O)(c1ccccc1)[C@@H]1C[C@H]1COCc1ccccc1. The Kier molecular flexibility index (Phi) is 4.08. The van der Waals surface area contributed by atoms with Gasteiger partial charge in [0.25, 0.3) is 0 Å². The quantitative estimate of drug-likeness (QED) is 0.823. The van der Waals surface area contributed by atoms with Crippen molar-refractivity contribution < 1.29 is 13.2 Å². The monoisotopic (exact) mass is 302 g/mol. The summed E-state index contributed by atoms with van der Waals surface area (Å²) >= 11 is 0. The highest BCUT2D eigenvalue weighted by atomic mass is 32.2. The molecule has 110 valence electrons. The second kappa shape index (κ2) is 6.00. The molecule has 0 aliphatic heterocycles. The molecule has 2 aromatic rings. The van der Waals surface area contributed by atoms with Crippen molar-refractivity contribution in [1.29, 1.82) is 0 Å². The molecule has 4 heteroatoms. The lowest BCUT2D eigenvalue weighted by Crippen LogP contribution is -2.11. The lowest BCUT2D eigenvalue weighted by atomic mass is 10.2. The molecule has 2 atom stereocenters. The summed E-state index contributed by atoms with van der Waals surface area (Å²) in [5, 5.41) is -0.282. The molecule has 0 spiro atoms. The first-order valence-corrected chi connectivity index (χ1v) is 8.63. The summed E-state index contributed by atoms with van der Waals surface area (Å²) in [5.74, 6) is 0.124. The highest BCUT2D eigenvalue weighted by molar-refractivity contribution is 7.92. The lowest BCUT2D eigenvalue weighted by Gasteiger charge is -2.05. The van der Waals surface area contributed by atoms with E-state index in [4.69, 9.17) is 4.74 Å². The van der Waals surface area contributed by atoms with Gasteiger partial charge < -0.3 is 4.74 Å². The van der Waals surface area contributed by atoms with E-state index in [9.17, 15) is 8.42 Å². The summed E-state index contributed by atoms with van der Waals surface area (Å²) in [6, 6.07) is 18.6. The maximum atomic E-state index is 12.4. The summed E-state index contributed by atoms with van der Waals surface area (Å²) in [6.45, 7) is 1.04. The Morgan fingerprint density at radius 3 is 2.24 bits per heavy atom. The topological polar surface area (TPSA) is 43.4 Å². The second-order valence-corrected chi connectivity index (χ2v) is 7.56. The van der Waals surface area contributed by atoms with Gasteiger partial charge in [0.15, 0.2) is 9.84 Å². The van der Waals surface area contributed by atoms with Crippen LogP contribution in [0.1, 0.15) is 12.0 Å². The third-order valence-corrected chi connectivity index (χ3v) is 6.08. The van der Waals surface area contributed by atoms with Gasteiger partial charge in [0.05, 0.1) is 23.4 Å². The molecule has 0 saturated heterocycles. The van der Waals surface area contributed by atoms with E-state index >= 15 is 0 Å². The van der Waals surface area contributed by atoms with Crippen molar-refractivity contribution in [1.82, 2.24) is 0 Å². The van der Waals surface area contributed by atoms with Crippen molar-refractivity contribution in [3.63, 3.8) is 0 Å². The van der Waals surface area contributed by atoms with Gasteiger partial charge in [-0.15, -0.1) is 0 Å². The first-order valence-electron chi connectivity index (χ1n) is 7.08. The van der Waals surface area contributed by atoms with Crippen molar-refractivity contribution in [2.45, 2.75) is 23.2 Å². The molecule has 1 aliphatic rings. The number of ether oxygens (including phenoxy) is 1. The maximum Gasteiger partial charge on any atom is 0.181 e. The minimum Gasteiger partial charge on any atom is -0.376 e. The molecular weight excluding hydrogens is 284 g/mol. The average molecular weight is 302 g/mol. The van der Waals surface area contributed by atoms with E-state index in [1.54, 1.807) is 24.3 Å². The molecule has 0 unspecified atom stereocenters. The second-order valence-electron chi connectivity index (χ2n) is 5.39.